The van der Waals surface area contributed by atoms with Crippen LogP contribution in [0.2, 0.25) is 0 Å². The number of sulfonamides is 1. The molecule has 1 fully saturated rings. The van der Waals surface area contributed by atoms with E-state index in [4.69, 9.17) is 10.2 Å². The fourth-order valence-electron chi connectivity index (χ4n) is 2.60. The van der Waals surface area contributed by atoms with Crippen LogP contribution in [0.25, 0.3) is 0 Å². The van der Waals surface area contributed by atoms with Crippen LogP contribution in [0.5, 0.6) is 0 Å². The molecule has 0 radical (unpaired) electrons. The van der Waals surface area contributed by atoms with E-state index in [1.807, 2.05) is 0 Å². The Balaban J connectivity index is 2.29. The van der Waals surface area contributed by atoms with Crippen molar-refractivity contribution in [1.29, 1.82) is 0 Å². The molecule has 1 saturated heterocycles. The van der Waals surface area contributed by atoms with Crippen LogP contribution in [-0.4, -0.2) is 45.4 Å². The van der Waals surface area contributed by atoms with Gasteiger partial charge in [0.25, 0.3) is 0 Å². The van der Waals surface area contributed by atoms with Gasteiger partial charge in [0.2, 0.25) is 15.8 Å². The molecule has 0 spiro atoms. The zero-order valence-electron chi connectivity index (χ0n) is 12.9. The lowest BCUT2D eigenvalue weighted by molar-refractivity contribution is 0.0563. The normalized spacial score (nSPS) is 17.6. The number of ether oxygens (including phenoxy) is 1. The molecule has 1 aromatic heterocycles. The molecule has 2 rings (SSSR count). The van der Waals surface area contributed by atoms with Crippen LogP contribution in [0.1, 0.15) is 36.1 Å². The molecule has 8 heteroatoms. The minimum absolute atomic E-state index is 0.0570. The molecule has 0 saturated carbocycles. The molecular formula is C14H22N2O5S. The fourth-order valence-corrected chi connectivity index (χ4v) is 4.30. The second kappa shape index (κ2) is 6.80. The minimum Gasteiger partial charge on any atom is -0.463 e. The fraction of sp³-hybridized carbons (Fsp3) is 0.643. The smallest absolute Gasteiger partial charge is 0.373 e. The maximum atomic E-state index is 12.8. The van der Waals surface area contributed by atoms with Crippen molar-refractivity contribution in [3.63, 3.8) is 0 Å². The van der Waals surface area contributed by atoms with Crippen molar-refractivity contribution < 1.29 is 22.4 Å². The summed E-state index contributed by atoms with van der Waals surface area (Å²) in [5, 5.41) is 0. The highest BCUT2D eigenvalue weighted by molar-refractivity contribution is 7.89. The van der Waals surface area contributed by atoms with Crippen molar-refractivity contribution in [3.8, 4) is 0 Å². The van der Waals surface area contributed by atoms with Gasteiger partial charge in [-0.25, -0.2) is 13.2 Å². The zero-order chi connectivity index (χ0) is 16.3. The molecule has 0 amide bonds. The monoisotopic (exact) mass is 330 g/mol. The third-order valence-corrected chi connectivity index (χ3v) is 5.95. The quantitative estimate of drug-likeness (QED) is 0.808. The number of furan rings is 1. The van der Waals surface area contributed by atoms with Crippen molar-refractivity contribution in [1.82, 2.24) is 4.31 Å². The molecule has 124 valence electrons. The number of piperidine rings is 1. The van der Waals surface area contributed by atoms with Crippen molar-refractivity contribution >= 4 is 16.0 Å². The van der Waals surface area contributed by atoms with Gasteiger partial charge in [-0.2, -0.15) is 4.31 Å². The Hall–Kier alpha value is -1.38. The maximum absolute atomic E-state index is 12.8. The van der Waals surface area contributed by atoms with Crippen molar-refractivity contribution in [2.45, 2.75) is 31.1 Å². The van der Waals surface area contributed by atoms with Gasteiger partial charge in [-0.15, -0.1) is 0 Å². The van der Waals surface area contributed by atoms with E-state index < -0.39 is 16.0 Å². The zero-order valence-corrected chi connectivity index (χ0v) is 13.7. The number of esters is 1. The number of hydrogen-bond donors (Lipinski definition) is 1. The molecule has 0 aromatic carbocycles. The van der Waals surface area contributed by atoms with E-state index >= 15 is 0 Å². The summed E-state index contributed by atoms with van der Waals surface area (Å²) >= 11 is 0. The number of aryl methyl sites for hydroxylation is 1. The van der Waals surface area contributed by atoms with E-state index in [0.717, 1.165) is 12.8 Å². The molecule has 1 aromatic rings. The van der Waals surface area contributed by atoms with Crippen LogP contribution in [0.15, 0.2) is 15.4 Å². The third-order valence-electron chi connectivity index (χ3n) is 4.00. The van der Waals surface area contributed by atoms with E-state index in [0.29, 0.717) is 32.0 Å². The van der Waals surface area contributed by atoms with Gasteiger partial charge < -0.3 is 14.9 Å². The molecule has 0 atom stereocenters. The van der Waals surface area contributed by atoms with Gasteiger partial charge in [-0.3, -0.25) is 0 Å². The number of nitrogens with zero attached hydrogens (tertiary/aromatic N) is 1. The van der Waals surface area contributed by atoms with Crippen LogP contribution in [-0.2, 0) is 21.2 Å². The summed E-state index contributed by atoms with van der Waals surface area (Å²) < 4.78 is 36.9. The van der Waals surface area contributed by atoms with Gasteiger partial charge in [-0.05, 0) is 25.3 Å². The molecule has 1 aliphatic rings. The molecule has 1 aliphatic heterocycles. The average Bonchev–Trinajstić information content (AvgIpc) is 2.99. The van der Waals surface area contributed by atoms with Gasteiger partial charge in [0, 0.05) is 25.6 Å². The highest BCUT2D eigenvalue weighted by Gasteiger charge is 2.33. The Labute approximate surface area is 130 Å². The van der Waals surface area contributed by atoms with Crippen molar-refractivity contribution in [3.05, 3.63) is 17.6 Å². The van der Waals surface area contributed by atoms with Crippen LogP contribution in [0.4, 0.5) is 0 Å². The average molecular weight is 330 g/mol. The summed E-state index contributed by atoms with van der Waals surface area (Å²) in [6.45, 7) is 3.23. The summed E-state index contributed by atoms with van der Waals surface area (Å²) in [5.41, 5.74) is 5.63. The summed E-state index contributed by atoms with van der Waals surface area (Å²) in [6, 6.07) is 1.26. The lowest BCUT2D eigenvalue weighted by atomic mass is 9.99. The number of carbonyl (C=O) groups excluding carboxylic acids is 1. The Morgan fingerprint density at radius 1 is 1.45 bits per heavy atom. The lowest BCUT2D eigenvalue weighted by Crippen LogP contribution is -2.40. The highest BCUT2D eigenvalue weighted by atomic mass is 32.2. The van der Waals surface area contributed by atoms with Crippen LogP contribution in [0, 0.1) is 5.92 Å². The molecule has 2 N–H and O–H groups in total. The van der Waals surface area contributed by atoms with Crippen LogP contribution < -0.4 is 5.73 Å². The first-order chi connectivity index (χ1) is 10.4. The topological polar surface area (TPSA) is 103 Å². The largest absolute Gasteiger partial charge is 0.463 e. The van der Waals surface area contributed by atoms with E-state index in [1.165, 1.54) is 17.5 Å². The van der Waals surface area contributed by atoms with Crippen LogP contribution >= 0.6 is 0 Å². The van der Waals surface area contributed by atoms with Crippen LogP contribution in [0.3, 0.4) is 0 Å². The molecule has 2 heterocycles. The van der Waals surface area contributed by atoms with E-state index in [2.05, 4.69) is 4.74 Å². The summed E-state index contributed by atoms with van der Waals surface area (Å²) in [6.07, 6.45) is 1.88. The summed E-state index contributed by atoms with van der Waals surface area (Å²) in [7, 11) is -2.44. The Kier molecular flexibility index (Phi) is 5.25. The number of nitrogens with two attached hydrogens (primary N) is 1. The van der Waals surface area contributed by atoms with Gasteiger partial charge in [0.1, 0.15) is 10.7 Å². The highest BCUT2D eigenvalue weighted by Crippen LogP contribution is 2.28. The number of carbonyl (C=O) groups is 1. The van der Waals surface area contributed by atoms with Crippen molar-refractivity contribution in [2.75, 3.05) is 26.7 Å². The van der Waals surface area contributed by atoms with Gasteiger partial charge in [0.15, 0.2) is 0 Å². The molecule has 0 bridgehead atoms. The Morgan fingerprint density at radius 3 is 2.59 bits per heavy atom. The Bertz CT molecular complexity index is 630. The predicted molar refractivity (Wildman–Crippen MR) is 80.0 cm³/mol. The number of rotatable bonds is 5. The maximum Gasteiger partial charge on any atom is 0.373 e. The molecular weight excluding hydrogens is 308 g/mol. The molecule has 22 heavy (non-hydrogen) atoms. The molecule has 0 unspecified atom stereocenters. The van der Waals surface area contributed by atoms with Gasteiger partial charge >= 0.3 is 5.97 Å². The minimum atomic E-state index is -3.67. The summed E-state index contributed by atoms with van der Waals surface area (Å²) in [5.74, 6) is -0.124. The first-order valence-corrected chi connectivity index (χ1v) is 8.79. The number of hydrogen-bond acceptors (Lipinski definition) is 6. The first kappa shape index (κ1) is 17.0. The SMILES string of the molecule is CCc1oc(C(=O)OC)cc1S(=O)(=O)N1CCC(CN)CC1. The molecule has 0 aliphatic carbocycles. The third kappa shape index (κ3) is 3.18. The second-order valence-corrected chi connectivity index (χ2v) is 7.23. The lowest BCUT2D eigenvalue weighted by Gasteiger charge is -2.30. The first-order valence-electron chi connectivity index (χ1n) is 7.35. The predicted octanol–water partition coefficient (Wildman–Crippen LogP) is 0.988. The Morgan fingerprint density at radius 2 is 2.09 bits per heavy atom. The standard InChI is InChI=1S/C14H22N2O5S/c1-3-11-13(8-12(21-11)14(17)20-2)22(18,19)16-6-4-10(9-15)5-7-16/h8,10H,3-7,9,15H2,1-2H3. The molecule has 7 nitrogen and oxygen atoms in total. The van der Waals surface area contributed by atoms with Gasteiger partial charge in [0.05, 0.1) is 7.11 Å². The number of methoxy groups -OCH3 is 1. The van der Waals surface area contributed by atoms with E-state index in [9.17, 15) is 13.2 Å². The van der Waals surface area contributed by atoms with E-state index in [-0.39, 0.29) is 16.4 Å². The van der Waals surface area contributed by atoms with Crippen molar-refractivity contribution in [2.24, 2.45) is 11.7 Å². The second-order valence-electron chi connectivity index (χ2n) is 5.33. The van der Waals surface area contributed by atoms with E-state index in [1.54, 1.807) is 6.92 Å². The van der Waals surface area contributed by atoms with Gasteiger partial charge in [-0.1, -0.05) is 6.92 Å². The summed E-state index contributed by atoms with van der Waals surface area (Å²) in [4.78, 5) is 11.6.